The van der Waals surface area contributed by atoms with Crippen LogP contribution in [-0.4, -0.2) is 30.6 Å². The molecule has 0 aromatic heterocycles. The van der Waals surface area contributed by atoms with E-state index in [0.717, 1.165) is 19.0 Å². The van der Waals surface area contributed by atoms with Crippen LogP contribution in [0, 0.1) is 5.92 Å². The van der Waals surface area contributed by atoms with E-state index in [0.29, 0.717) is 12.1 Å². The second kappa shape index (κ2) is 7.80. The van der Waals surface area contributed by atoms with E-state index >= 15 is 0 Å². The molecule has 1 aromatic rings. The van der Waals surface area contributed by atoms with Gasteiger partial charge in [0.2, 0.25) is 0 Å². The number of nitrogens with zero attached hydrogens (tertiary/aromatic N) is 1. The first-order valence-electron chi connectivity index (χ1n) is 8.28. The zero-order chi connectivity index (χ0) is 14.4. The maximum Gasteiger partial charge on any atom is 0.0475 e. The third kappa shape index (κ3) is 3.83. The summed E-state index contributed by atoms with van der Waals surface area (Å²) in [4.78, 5) is 2.66. The summed E-state index contributed by atoms with van der Waals surface area (Å²) in [5.74, 6) is 0.940. The smallest absolute Gasteiger partial charge is 0.0475 e. The predicted molar refractivity (Wildman–Crippen MR) is 86.9 cm³/mol. The van der Waals surface area contributed by atoms with Crippen LogP contribution in [0.4, 0.5) is 0 Å². The van der Waals surface area contributed by atoms with Gasteiger partial charge in [0.05, 0.1) is 0 Å². The van der Waals surface area contributed by atoms with Crippen LogP contribution in [0.25, 0.3) is 0 Å². The molecule has 0 heterocycles. The van der Waals surface area contributed by atoms with E-state index in [9.17, 15) is 0 Å². The molecule has 0 saturated heterocycles. The fourth-order valence-corrected chi connectivity index (χ4v) is 3.25. The van der Waals surface area contributed by atoms with E-state index in [1.807, 2.05) is 0 Å². The maximum absolute atomic E-state index is 3.68. The van der Waals surface area contributed by atoms with Crippen LogP contribution in [0.3, 0.4) is 0 Å². The van der Waals surface area contributed by atoms with Crippen molar-refractivity contribution in [3.05, 3.63) is 35.9 Å². The Bertz CT molecular complexity index is 372. The van der Waals surface area contributed by atoms with E-state index in [1.165, 1.54) is 31.4 Å². The monoisotopic (exact) mass is 274 g/mol. The third-order valence-corrected chi connectivity index (χ3v) is 4.76. The van der Waals surface area contributed by atoms with E-state index in [4.69, 9.17) is 0 Å². The summed E-state index contributed by atoms with van der Waals surface area (Å²) in [7, 11) is 0. The molecule has 112 valence electrons. The normalized spacial score (nSPS) is 18.8. The average Bonchev–Trinajstić information content (AvgIpc) is 2.44. The number of rotatable bonds is 8. The van der Waals surface area contributed by atoms with Gasteiger partial charge in [-0.25, -0.2) is 0 Å². The number of hydrogen-bond acceptors (Lipinski definition) is 2. The highest BCUT2D eigenvalue weighted by atomic mass is 15.2. The largest absolute Gasteiger partial charge is 0.309 e. The van der Waals surface area contributed by atoms with Crippen molar-refractivity contribution >= 4 is 0 Å². The highest BCUT2D eigenvalue weighted by Gasteiger charge is 2.27. The fraction of sp³-hybridized carbons (Fsp3) is 0.667. The number of hydrogen-bond donors (Lipinski definition) is 1. The highest BCUT2D eigenvalue weighted by Crippen LogP contribution is 2.29. The van der Waals surface area contributed by atoms with Gasteiger partial charge in [-0.05, 0) is 44.3 Å². The Morgan fingerprint density at radius 2 is 1.90 bits per heavy atom. The first kappa shape index (κ1) is 15.5. The molecule has 1 aromatic carbocycles. The molecule has 2 unspecified atom stereocenters. The van der Waals surface area contributed by atoms with Crippen LogP contribution in [0.5, 0.6) is 0 Å². The first-order chi connectivity index (χ1) is 9.76. The molecule has 2 rings (SSSR count). The lowest BCUT2D eigenvalue weighted by Crippen LogP contribution is -2.45. The van der Waals surface area contributed by atoms with E-state index in [2.05, 4.69) is 61.3 Å². The van der Waals surface area contributed by atoms with Gasteiger partial charge in [0.25, 0.3) is 0 Å². The van der Waals surface area contributed by atoms with Crippen molar-refractivity contribution in [3.8, 4) is 0 Å². The zero-order valence-electron chi connectivity index (χ0n) is 13.3. The fourth-order valence-electron chi connectivity index (χ4n) is 3.25. The Labute approximate surface area is 124 Å². The van der Waals surface area contributed by atoms with E-state index < -0.39 is 0 Å². The first-order valence-corrected chi connectivity index (χ1v) is 8.28. The molecule has 2 heteroatoms. The Morgan fingerprint density at radius 3 is 2.40 bits per heavy atom. The molecule has 0 aliphatic heterocycles. The Balaban J connectivity index is 2.05. The van der Waals surface area contributed by atoms with Crippen molar-refractivity contribution in [2.45, 2.75) is 52.1 Å². The van der Waals surface area contributed by atoms with Crippen LogP contribution in [-0.2, 0) is 0 Å². The second-order valence-corrected chi connectivity index (χ2v) is 6.07. The lowest BCUT2D eigenvalue weighted by atomic mass is 9.84. The third-order valence-electron chi connectivity index (χ3n) is 4.76. The topological polar surface area (TPSA) is 15.3 Å². The quantitative estimate of drug-likeness (QED) is 0.774. The Hall–Kier alpha value is -0.860. The molecule has 1 aliphatic rings. The molecule has 1 aliphatic carbocycles. The molecule has 1 saturated carbocycles. The Morgan fingerprint density at radius 1 is 1.20 bits per heavy atom. The van der Waals surface area contributed by atoms with Crippen LogP contribution >= 0.6 is 0 Å². The summed E-state index contributed by atoms with van der Waals surface area (Å²) < 4.78 is 0. The lowest BCUT2D eigenvalue weighted by molar-refractivity contribution is 0.123. The minimum atomic E-state index is 0.432. The molecule has 0 amide bonds. The highest BCUT2D eigenvalue weighted by molar-refractivity contribution is 5.20. The second-order valence-electron chi connectivity index (χ2n) is 6.07. The summed E-state index contributed by atoms with van der Waals surface area (Å²) in [5, 5.41) is 3.68. The molecule has 20 heavy (non-hydrogen) atoms. The standard InChI is InChI=1S/C18H30N2/c1-4-19-18(17-12-7-6-8-13-17)15(3)20(5-2)14-16-10-9-11-16/h6-8,12-13,15-16,18-19H,4-5,9-11,14H2,1-3H3. The van der Waals surface area contributed by atoms with Gasteiger partial charge < -0.3 is 5.32 Å². The molecular weight excluding hydrogens is 244 g/mol. The van der Waals surface area contributed by atoms with E-state index in [1.54, 1.807) is 0 Å². The minimum Gasteiger partial charge on any atom is -0.309 e. The molecule has 0 spiro atoms. The molecule has 0 bridgehead atoms. The van der Waals surface area contributed by atoms with Crippen LogP contribution in [0.1, 0.15) is 51.6 Å². The summed E-state index contributed by atoms with van der Waals surface area (Å²) >= 11 is 0. The van der Waals surface area contributed by atoms with Crippen molar-refractivity contribution in [3.63, 3.8) is 0 Å². The van der Waals surface area contributed by atoms with Gasteiger partial charge in [0, 0.05) is 18.6 Å². The van der Waals surface area contributed by atoms with Crippen molar-refractivity contribution in [2.24, 2.45) is 5.92 Å². The number of likely N-dealkylation sites (N-methyl/N-ethyl adjacent to an activating group) is 2. The van der Waals surface area contributed by atoms with Gasteiger partial charge in [0.1, 0.15) is 0 Å². The summed E-state index contributed by atoms with van der Waals surface area (Å²) in [5.41, 5.74) is 1.41. The number of nitrogens with one attached hydrogen (secondary N) is 1. The van der Waals surface area contributed by atoms with E-state index in [-0.39, 0.29) is 0 Å². The van der Waals surface area contributed by atoms with Gasteiger partial charge in [-0.15, -0.1) is 0 Å². The van der Waals surface area contributed by atoms with Crippen molar-refractivity contribution < 1.29 is 0 Å². The molecule has 1 N–H and O–H groups in total. The maximum atomic E-state index is 3.68. The molecule has 0 radical (unpaired) electrons. The molecular formula is C18H30N2. The summed E-state index contributed by atoms with van der Waals surface area (Å²) in [6, 6.07) is 11.9. The van der Waals surface area contributed by atoms with Gasteiger partial charge >= 0.3 is 0 Å². The lowest BCUT2D eigenvalue weighted by Gasteiger charge is -2.39. The van der Waals surface area contributed by atoms with Crippen molar-refractivity contribution in [1.82, 2.24) is 10.2 Å². The van der Waals surface area contributed by atoms with Gasteiger partial charge in [0.15, 0.2) is 0 Å². The molecule has 1 fully saturated rings. The minimum absolute atomic E-state index is 0.432. The van der Waals surface area contributed by atoms with Crippen LogP contribution in [0.2, 0.25) is 0 Å². The SMILES string of the molecule is CCNC(c1ccccc1)C(C)N(CC)CC1CCC1. The number of benzene rings is 1. The van der Waals surface area contributed by atoms with Crippen LogP contribution in [0.15, 0.2) is 30.3 Å². The Kier molecular flexibility index (Phi) is 6.06. The van der Waals surface area contributed by atoms with Gasteiger partial charge in [-0.3, -0.25) is 4.90 Å². The van der Waals surface area contributed by atoms with Crippen molar-refractivity contribution in [1.29, 1.82) is 0 Å². The molecule has 2 nitrogen and oxygen atoms in total. The zero-order valence-corrected chi connectivity index (χ0v) is 13.3. The summed E-state index contributed by atoms with van der Waals surface area (Å²) in [6.45, 7) is 10.3. The van der Waals surface area contributed by atoms with Crippen LogP contribution < -0.4 is 5.32 Å². The summed E-state index contributed by atoms with van der Waals surface area (Å²) in [6.07, 6.45) is 4.30. The average molecular weight is 274 g/mol. The van der Waals surface area contributed by atoms with Crippen molar-refractivity contribution in [2.75, 3.05) is 19.6 Å². The molecule has 2 atom stereocenters. The van der Waals surface area contributed by atoms with Gasteiger partial charge in [-0.2, -0.15) is 0 Å². The van der Waals surface area contributed by atoms with Gasteiger partial charge in [-0.1, -0.05) is 50.6 Å². The predicted octanol–water partition coefficient (Wildman–Crippen LogP) is 3.85.